The number of benzene rings is 2. The van der Waals surface area contributed by atoms with E-state index in [0.29, 0.717) is 11.6 Å². The summed E-state index contributed by atoms with van der Waals surface area (Å²) < 4.78 is 24.7. The van der Waals surface area contributed by atoms with Gasteiger partial charge in [0.1, 0.15) is 0 Å². The summed E-state index contributed by atoms with van der Waals surface area (Å²) >= 11 is 5.93. The van der Waals surface area contributed by atoms with E-state index in [1.54, 1.807) is 4.90 Å². The molecule has 4 rings (SSSR count). The fourth-order valence-corrected chi connectivity index (χ4v) is 6.16. The Labute approximate surface area is 164 Å². The van der Waals surface area contributed by atoms with Crippen molar-refractivity contribution in [2.75, 3.05) is 29.5 Å². The van der Waals surface area contributed by atoms with Gasteiger partial charge in [-0.15, -0.1) is 0 Å². The molecule has 0 aliphatic carbocycles. The number of fused-ring (bicyclic) bond motifs is 1. The summed E-state index contributed by atoms with van der Waals surface area (Å²) in [5.41, 5.74) is 1.89. The molecule has 2 aliphatic rings. The van der Waals surface area contributed by atoms with Crippen molar-refractivity contribution in [1.82, 2.24) is 4.90 Å². The Kier molecular flexibility index (Phi) is 4.97. The molecule has 2 fully saturated rings. The third kappa shape index (κ3) is 3.88. The zero-order chi connectivity index (χ0) is 19.0. The highest BCUT2D eigenvalue weighted by molar-refractivity contribution is 7.91. The van der Waals surface area contributed by atoms with Crippen molar-refractivity contribution in [3.05, 3.63) is 65.2 Å². The van der Waals surface area contributed by atoms with Gasteiger partial charge in [-0.2, -0.15) is 0 Å². The number of carbonyl (C=O) groups is 1. The highest BCUT2D eigenvalue weighted by Gasteiger charge is 2.49. The number of anilines is 1. The first-order chi connectivity index (χ1) is 12.9. The van der Waals surface area contributed by atoms with E-state index in [-0.39, 0.29) is 36.0 Å². The Morgan fingerprint density at radius 1 is 0.963 bits per heavy atom. The Balaban J connectivity index is 1.57. The maximum atomic E-state index is 12.9. The number of nitrogens with zero attached hydrogens (tertiary/aromatic N) is 2. The minimum absolute atomic E-state index is 0.0236. The van der Waals surface area contributed by atoms with E-state index >= 15 is 0 Å². The third-order valence-electron chi connectivity index (χ3n) is 5.34. The summed E-state index contributed by atoms with van der Waals surface area (Å²) in [6.07, 6.45) is 0.749. The van der Waals surface area contributed by atoms with Crippen LogP contribution in [0.2, 0.25) is 5.02 Å². The van der Waals surface area contributed by atoms with Crippen LogP contribution in [0.5, 0.6) is 0 Å². The Morgan fingerprint density at radius 2 is 1.63 bits per heavy atom. The first kappa shape index (κ1) is 18.5. The first-order valence-electron chi connectivity index (χ1n) is 8.99. The predicted molar refractivity (Wildman–Crippen MR) is 107 cm³/mol. The third-order valence-corrected chi connectivity index (χ3v) is 7.29. The summed E-state index contributed by atoms with van der Waals surface area (Å²) in [6.45, 7) is 0.881. The number of hydrogen-bond acceptors (Lipinski definition) is 4. The monoisotopic (exact) mass is 404 g/mol. The summed E-state index contributed by atoms with van der Waals surface area (Å²) in [7, 11) is -3.17. The number of piperazine rings is 1. The summed E-state index contributed by atoms with van der Waals surface area (Å²) in [6, 6.07) is 16.5. The molecule has 2 heterocycles. The Hall–Kier alpha value is -1.89. The smallest absolute Gasteiger partial charge is 0.241 e. The molecule has 0 radical (unpaired) electrons. The number of para-hydroxylation sites is 1. The second kappa shape index (κ2) is 7.26. The molecule has 2 saturated heterocycles. The second-order valence-electron chi connectivity index (χ2n) is 7.16. The predicted octanol–water partition coefficient (Wildman–Crippen LogP) is 2.40. The van der Waals surface area contributed by atoms with Gasteiger partial charge < -0.3 is 4.90 Å². The van der Waals surface area contributed by atoms with Crippen molar-refractivity contribution in [2.24, 2.45) is 0 Å². The van der Waals surface area contributed by atoms with E-state index in [4.69, 9.17) is 11.6 Å². The van der Waals surface area contributed by atoms with E-state index < -0.39 is 9.84 Å². The zero-order valence-corrected chi connectivity index (χ0v) is 16.4. The molecule has 0 bridgehead atoms. The van der Waals surface area contributed by atoms with E-state index in [0.717, 1.165) is 17.7 Å². The molecule has 0 spiro atoms. The maximum Gasteiger partial charge on any atom is 0.241 e. The molecule has 2 aromatic carbocycles. The lowest BCUT2D eigenvalue weighted by Gasteiger charge is -2.43. The van der Waals surface area contributed by atoms with Crippen LogP contribution in [0.1, 0.15) is 5.56 Å². The number of amides is 1. The summed E-state index contributed by atoms with van der Waals surface area (Å²) in [4.78, 5) is 16.6. The van der Waals surface area contributed by atoms with Crippen LogP contribution >= 0.6 is 11.6 Å². The average molecular weight is 405 g/mol. The molecule has 2 aromatic rings. The van der Waals surface area contributed by atoms with Crippen molar-refractivity contribution >= 4 is 33.0 Å². The van der Waals surface area contributed by atoms with Crippen LogP contribution in [0.3, 0.4) is 0 Å². The molecule has 1 amide bonds. The molecule has 27 heavy (non-hydrogen) atoms. The van der Waals surface area contributed by atoms with Crippen LogP contribution in [-0.4, -0.2) is 55.9 Å². The zero-order valence-electron chi connectivity index (χ0n) is 14.8. The van der Waals surface area contributed by atoms with E-state index in [9.17, 15) is 13.2 Å². The van der Waals surface area contributed by atoms with E-state index in [1.807, 2.05) is 59.5 Å². The fourth-order valence-electron chi connectivity index (χ4n) is 4.05. The normalized spacial score (nSPS) is 24.8. The maximum absolute atomic E-state index is 12.9. The Morgan fingerprint density at radius 3 is 2.33 bits per heavy atom. The topological polar surface area (TPSA) is 57.7 Å². The van der Waals surface area contributed by atoms with Crippen LogP contribution in [0.25, 0.3) is 0 Å². The van der Waals surface area contributed by atoms with Gasteiger partial charge in [0, 0.05) is 23.3 Å². The fraction of sp³-hybridized carbons (Fsp3) is 0.350. The molecular formula is C20H21ClN2O3S. The second-order valence-corrected chi connectivity index (χ2v) is 9.75. The standard InChI is InChI=1S/C20H21ClN2O3S/c21-16-8-6-15(7-9-16)10-11-22-12-20(24)23(17-4-2-1-3-5-17)19-14-27(25,26)13-18(19)22/h1-9,18-19H,10-14H2/t18-,19-/m0/s1. The van der Waals surface area contributed by atoms with Gasteiger partial charge in [0.05, 0.1) is 24.1 Å². The number of hydrogen-bond donors (Lipinski definition) is 0. The van der Waals surface area contributed by atoms with Crippen LogP contribution in [0.4, 0.5) is 5.69 Å². The van der Waals surface area contributed by atoms with Crippen LogP contribution < -0.4 is 4.90 Å². The number of halogens is 1. The number of rotatable bonds is 4. The SMILES string of the molecule is O=C1CN(CCc2ccc(Cl)cc2)[C@H]2CS(=O)(=O)C[C@@H]2N1c1ccccc1. The first-order valence-corrected chi connectivity index (χ1v) is 11.2. The van der Waals surface area contributed by atoms with Gasteiger partial charge in [-0.3, -0.25) is 9.69 Å². The van der Waals surface area contributed by atoms with Crippen molar-refractivity contribution in [1.29, 1.82) is 0 Å². The molecule has 0 aromatic heterocycles. The molecule has 142 valence electrons. The van der Waals surface area contributed by atoms with Gasteiger partial charge in [0.25, 0.3) is 0 Å². The largest absolute Gasteiger partial charge is 0.306 e. The van der Waals surface area contributed by atoms with Crippen LogP contribution in [0, 0.1) is 0 Å². The highest BCUT2D eigenvalue weighted by Crippen LogP contribution is 2.31. The van der Waals surface area contributed by atoms with Crippen LogP contribution in [0.15, 0.2) is 54.6 Å². The highest BCUT2D eigenvalue weighted by atomic mass is 35.5. The quantitative estimate of drug-likeness (QED) is 0.785. The van der Waals surface area contributed by atoms with Crippen LogP contribution in [-0.2, 0) is 21.1 Å². The molecule has 5 nitrogen and oxygen atoms in total. The van der Waals surface area contributed by atoms with Crippen molar-refractivity contribution < 1.29 is 13.2 Å². The van der Waals surface area contributed by atoms with Crippen molar-refractivity contribution in [3.63, 3.8) is 0 Å². The summed E-state index contributed by atoms with van der Waals surface area (Å²) in [5.74, 6) is 0.0839. The van der Waals surface area contributed by atoms with Gasteiger partial charge in [-0.1, -0.05) is 41.9 Å². The molecule has 0 saturated carbocycles. The lowest BCUT2D eigenvalue weighted by molar-refractivity contribution is -0.123. The van der Waals surface area contributed by atoms with E-state index in [2.05, 4.69) is 0 Å². The van der Waals surface area contributed by atoms with Gasteiger partial charge in [0.2, 0.25) is 5.91 Å². The molecule has 2 aliphatic heterocycles. The lowest BCUT2D eigenvalue weighted by atomic mass is 10.0. The van der Waals surface area contributed by atoms with Gasteiger partial charge in [0.15, 0.2) is 9.84 Å². The van der Waals surface area contributed by atoms with Gasteiger partial charge >= 0.3 is 0 Å². The lowest BCUT2D eigenvalue weighted by Crippen LogP contribution is -2.62. The van der Waals surface area contributed by atoms with Gasteiger partial charge in [-0.25, -0.2) is 8.42 Å². The molecule has 2 atom stereocenters. The molecule has 7 heteroatoms. The van der Waals surface area contributed by atoms with Crippen molar-refractivity contribution in [3.8, 4) is 0 Å². The number of carbonyl (C=O) groups excluding carboxylic acids is 1. The minimum Gasteiger partial charge on any atom is -0.306 e. The molecule has 0 unspecified atom stereocenters. The minimum atomic E-state index is -3.17. The number of sulfone groups is 1. The molecular weight excluding hydrogens is 384 g/mol. The Bertz CT molecular complexity index is 931. The molecule has 0 N–H and O–H groups in total. The summed E-state index contributed by atoms with van der Waals surface area (Å²) in [5, 5.41) is 0.687. The average Bonchev–Trinajstić information content (AvgIpc) is 2.96. The van der Waals surface area contributed by atoms with E-state index in [1.165, 1.54) is 0 Å². The van der Waals surface area contributed by atoms with Crippen molar-refractivity contribution in [2.45, 2.75) is 18.5 Å². The van der Waals surface area contributed by atoms with Gasteiger partial charge in [-0.05, 0) is 36.2 Å².